The van der Waals surface area contributed by atoms with Gasteiger partial charge < -0.3 is 20.7 Å². The summed E-state index contributed by atoms with van der Waals surface area (Å²) in [6, 6.07) is 4.81. The Hall–Kier alpha value is -2.08. The number of rotatable bonds is 6. The standard InChI is InChI=1S/C19H27FN4O/c1-2-21-18(24-13-19(25)8-3-4-9-19)22-10-7-14-12-23-17-11-15(20)5-6-16(14)17/h5-6,11-12,23,25H,2-4,7-10,13H2,1H3,(H2,21,22,24). The van der Waals surface area contributed by atoms with E-state index in [1.54, 1.807) is 0 Å². The molecule has 1 aromatic heterocycles. The van der Waals surface area contributed by atoms with E-state index >= 15 is 0 Å². The summed E-state index contributed by atoms with van der Waals surface area (Å²) in [7, 11) is 0. The van der Waals surface area contributed by atoms with E-state index in [0.29, 0.717) is 13.1 Å². The second-order valence-corrected chi connectivity index (χ2v) is 6.81. The Balaban J connectivity index is 1.57. The Morgan fingerprint density at radius 1 is 1.32 bits per heavy atom. The van der Waals surface area contributed by atoms with Gasteiger partial charge in [0, 0.05) is 30.2 Å². The highest BCUT2D eigenvalue weighted by atomic mass is 19.1. The zero-order valence-electron chi connectivity index (χ0n) is 14.7. The van der Waals surface area contributed by atoms with Gasteiger partial charge in [-0.15, -0.1) is 0 Å². The van der Waals surface area contributed by atoms with Gasteiger partial charge in [-0.3, -0.25) is 4.99 Å². The molecule has 0 saturated heterocycles. The van der Waals surface area contributed by atoms with Gasteiger partial charge in [-0.1, -0.05) is 12.8 Å². The zero-order valence-corrected chi connectivity index (χ0v) is 14.7. The van der Waals surface area contributed by atoms with Crippen LogP contribution in [0.25, 0.3) is 10.9 Å². The van der Waals surface area contributed by atoms with E-state index < -0.39 is 5.60 Å². The van der Waals surface area contributed by atoms with E-state index in [-0.39, 0.29) is 5.82 Å². The van der Waals surface area contributed by atoms with E-state index in [4.69, 9.17) is 0 Å². The molecule has 1 aliphatic carbocycles. The average molecular weight is 346 g/mol. The predicted octanol–water partition coefficient (Wildman–Crippen LogP) is 2.71. The Labute approximate surface area is 147 Å². The molecule has 3 rings (SSSR count). The van der Waals surface area contributed by atoms with Gasteiger partial charge in [0.2, 0.25) is 0 Å². The second kappa shape index (κ2) is 7.87. The van der Waals surface area contributed by atoms with Crippen molar-refractivity contribution in [2.24, 2.45) is 4.99 Å². The van der Waals surface area contributed by atoms with Crippen LogP contribution in [0.4, 0.5) is 4.39 Å². The lowest BCUT2D eigenvalue weighted by molar-refractivity contribution is 0.0574. The van der Waals surface area contributed by atoms with Gasteiger partial charge in [0.1, 0.15) is 5.82 Å². The number of aliphatic hydroxyl groups is 1. The molecule has 1 aromatic carbocycles. The lowest BCUT2D eigenvalue weighted by atomic mass is 10.0. The van der Waals surface area contributed by atoms with Crippen LogP contribution in [0.3, 0.4) is 0 Å². The van der Waals surface area contributed by atoms with Crippen LogP contribution in [0.1, 0.15) is 38.2 Å². The van der Waals surface area contributed by atoms with Gasteiger partial charge in [0.25, 0.3) is 0 Å². The Morgan fingerprint density at radius 3 is 2.88 bits per heavy atom. The minimum atomic E-state index is -0.636. The highest BCUT2D eigenvalue weighted by Gasteiger charge is 2.30. The summed E-state index contributed by atoms with van der Waals surface area (Å²) in [6.07, 6.45) is 6.56. The SMILES string of the molecule is CCNC(=NCC1(O)CCCC1)NCCc1c[nH]c2cc(F)ccc12. The van der Waals surface area contributed by atoms with Crippen molar-refractivity contribution in [3.8, 4) is 0 Å². The molecule has 1 aliphatic rings. The fourth-order valence-corrected chi connectivity index (χ4v) is 3.44. The number of H-pyrrole nitrogens is 1. The van der Waals surface area contributed by atoms with Crippen molar-refractivity contribution in [3.05, 3.63) is 35.8 Å². The second-order valence-electron chi connectivity index (χ2n) is 6.81. The molecule has 136 valence electrons. The number of fused-ring (bicyclic) bond motifs is 1. The topological polar surface area (TPSA) is 72.4 Å². The number of nitrogens with one attached hydrogen (secondary N) is 3. The lowest BCUT2D eigenvalue weighted by Crippen LogP contribution is -2.40. The number of aliphatic imine (C=N–C) groups is 1. The number of aromatic nitrogens is 1. The first-order chi connectivity index (χ1) is 12.1. The van der Waals surface area contributed by atoms with Crippen molar-refractivity contribution in [2.75, 3.05) is 19.6 Å². The normalized spacial score (nSPS) is 17.2. The molecule has 6 heteroatoms. The highest BCUT2D eigenvalue weighted by Crippen LogP contribution is 2.29. The van der Waals surface area contributed by atoms with Crippen molar-refractivity contribution in [2.45, 2.75) is 44.6 Å². The van der Waals surface area contributed by atoms with Crippen LogP contribution >= 0.6 is 0 Å². The fraction of sp³-hybridized carbons (Fsp3) is 0.526. The van der Waals surface area contributed by atoms with E-state index in [2.05, 4.69) is 20.6 Å². The van der Waals surface area contributed by atoms with Crippen molar-refractivity contribution in [1.82, 2.24) is 15.6 Å². The smallest absolute Gasteiger partial charge is 0.191 e. The molecule has 5 nitrogen and oxygen atoms in total. The van der Waals surface area contributed by atoms with Crippen LogP contribution in [-0.2, 0) is 6.42 Å². The van der Waals surface area contributed by atoms with Gasteiger partial charge in [-0.2, -0.15) is 0 Å². The quantitative estimate of drug-likeness (QED) is 0.480. The summed E-state index contributed by atoms with van der Waals surface area (Å²) in [5.41, 5.74) is 1.33. The van der Waals surface area contributed by atoms with E-state index in [1.807, 2.05) is 19.2 Å². The maximum Gasteiger partial charge on any atom is 0.191 e. The Bertz CT molecular complexity index is 734. The van der Waals surface area contributed by atoms with Gasteiger partial charge >= 0.3 is 0 Å². The van der Waals surface area contributed by atoms with Gasteiger partial charge in [0.05, 0.1) is 12.1 Å². The van der Waals surface area contributed by atoms with Crippen LogP contribution in [0, 0.1) is 5.82 Å². The minimum Gasteiger partial charge on any atom is -0.388 e. The van der Waals surface area contributed by atoms with Crippen molar-refractivity contribution in [3.63, 3.8) is 0 Å². The lowest BCUT2D eigenvalue weighted by Gasteiger charge is -2.20. The van der Waals surface area contributed by atoms with Crippen LogP contribution in [-0.4, -0.2) is 41.3 Å². The molecule has 25 heavy (non-hydrogen) atoms. The molecule has 2 aromatic rings. The number of halogens is 1. The summed E-state index contributed by atoms with van der Waals surface area (Å²) in [4.78, 5) is 7.66. The van der Waals surface area contributed by atoms with Crippen LogP contribution in [0.2, 0.25) is 0 Å². The molecule has 0 radical (unpaired) electrons. The molecule has 0 unspecified atom stereocenters. The number of guanidine groups is 1. The molecule has 0 amide bonds. The minimum absolute atomic E-state index is 0.231. The number of nitrogens with zero attached hydrogens (tertiary/aromatic N) is 1. The summed E-state index contributed by atoms with van der Waals surface area (Å²) in [5, 5.41) is 18.0. The third-order valence-electron chi connectivity index (χ3n) is 4.83. The Kier molecular flexibility index (Phi) is 5.58. The van der Waals surface area contributed by atoms with Crippen molar-refractivity contribution in [1.29, 1.82) is 0 Å². The fourth-order valence-electron chi connectivity index (χ4n) is 3.44. The largest absolute Gasteiger partial charge is 0.388 e. The first-order valence-corrected chi connectivity index (χ1v) is 9.10. The maximum atomic E-state index is 13.3. The van der Waals surface area contributed by atoms with Crippen LogP contribution in [0.15, 0.2) is 29.4 Å². The molecule has 1 saturated carbocycles. The molecule has 1 heterocycles. The molecular formula is C19H27FN4O. The molecule has 1 fully saturated rings. The van der Waals surface area contributed by atoms with Crippen molar-refractivity contribution < 1.29 is 9.50 Å². The van der Waals surface area contributed by atoms with Crippen LogP contribution in [0.5, 0.6) is 0 Å². The molecule has 0 aliphatic heterocycles. The third-order valence-corrected chi connectivity index (χ3v) is 4.83. The van der Waals surface area contributed by atoms with E-state index in [0.717, 1.165) is 61.1 Å². The monoisotopic (exact) mass is 346 g/mol. The third kappa shape index (κ3) is 4.51. The van der Waals surface area contributed by atoms with Gasteiger partial charge in [-0.05, 0) is 49.9 Å². The summed E-state index contributed by atoms with van der Waals surface area (Å²) in [6.45, 7) is 3.95. The molecule has 4 N–H and O–H groups in total. The molecule has 0 atom stereocenters. The van der Waals surface area contributed by atoms with E-state index in [1.165, 1.54) is 12.1 Å². The van der Waals surface area contributed by atoms with Crippen LogP contribution < -0.4 is 10.6 Å². The summed E-state index contributed by atoms with van der Waals surface area (Å²) < 4.78 is 13.3. The number of hydrogen-bond acceptors (Lipinski definition) is 2. The van der Waals surface area contributed by atoms with Gasteiger partial charge in [0.15, 0.2) is 5.96 Å². The van der Waals surface area contributed by atoms with E-state index in [9.17, 15) is 9.50 Å². The first-order valence-electron chi connectivity index (χ1n) is 9.10. The number of hydrogen-bond donors (Lipinski definition) is 4. The first kappa shape index (κ1) is 17.7. The van der Waals surface area contributed by atoms with Crippen molar-refractivity contribution >= 4 is 16.9 Å². The zero-order chi connectivity index (χ0) is 17.7. The average Bonchev–Trinajstić information content (AvgIpc) is 3.19. The maximum absolute atomic E-state index is 13.3. The molecular weight excluding hydrogens is 319 g/mol. The molecule has 0 spiro atoms. The Morgan fingerprint density at radius 2 is 2.12 bits per heavy atom. The number of benzene rings is 1. The highest BCUT2D eigenvalue weighted by molar-refractivity contribution is 5.83. The van der Waals surface area contributed by atoms with Gasteiger partial charge in [-0.25, -0.2) is 4.39 Å². The summed E-state index contributed by atoms with van der Waals surface area (Å²) >= 11 is 0. The molecule has 0 bridgehead atoms. The summed E-state index contributed by atoms with van der Waals surface area (Å²) in [5.74, 6) is 0.499. The predicted molar refractivity (Wildman–Crippen MR) is 99.4 cm³/mol. The number of aromatic amines is 1.